The molecule has 4 aromatic rings. The minimum absolute atomic E-state index is 0.925. The van der Waals surface area contributed by atoms with E-state index in [0.717, 1.165) is 33.4 Å². The molecular formula is C30H20. The van der Waals surface area contributed by atoms with E-state index < -0.39 is 0 Å². The zero-order valence-corrected chi connectivity index (χ0v) is 16.5. The van der Waals surface area contributed by atoms with Crippen LogP contribution in [0, 0.1) is 23.7 Å². The van der Waals surface area contributed by atoms with Crippen molar-refractivity contribution in [2.75, 3.05) is 0 Å². The van der Waals surface area contributed by atoms with Crippen molar-refractivity contribution in [3.63, 3.8) is 0 Å². The summed E-state index contributed by atoms with van der Waals surface area (Å²) in [6.45, 7) is 0. The van der Waals surface area contributed by atoms with Gasteiger partial charge >= 0.3 is 0 Å². The van der Waals surface area contributed by atoms with Crippen molar-refractivity contribution in [2.45, 2.75) is 0 Å². The summed E-state index contributed by atoms with van der Waals surface area (Å²) in [5.74, 6) is 13.5. The second kappa shape index (κ2) is 9.79. The van der Waals surface area contributed by atoms with Crippen LogP contribution in [0.15, 0.2) is 121 Å². The Kier molecular flexibility index (Phi) is 6.22. The molecule has 0 aliphatic rings. The average molecular weight is 380 g/mol. The first-order valence-electron chi connectivity index (χ1n) is 9.89. The monoisotopic (exact) mass is 380 g/mol. The van der Waals surface area contributed by atoms with Gasteiger partial charge in [-0.05, 0) is 35.4 Å². The lowest BCUT2D eigenvalue weighted by atomic mass is 9.94. The van der Waals surface area contributed by atoms with Crippen molar-refractivity contribution in [1.82, 2.24) is 0 Å². The smallest absolute Gasteiger partial charge is 0.0484 e. The zero-order valence-electron chi connectivity index (χ0n) is 16.5. The Labute approximate surface area is 178 Å². The maximum absolute atomic E-state index is 3.41. The highest BCUT2D eigenvalue weighted by Crippen LogP contribution is 2.26. The van der Waals surface area contributed by atoms with Crippen LogP contribution in [0.4, 0.5) is 0 Å². The maximum atomic E-state index is 3.41. The summed E-state index contributed by atoms with van der Waals surface area (Å²) in [4.78, 5) is 0. The van der Waals surface area contributed by atoms with Crippen molar-refractivity contribution in [1.29, 1.82) is 0 Å². The standard InChI is InChI=1S/C30H20/c1-5-13-25(14-6-1)21-23-29(27-17-9-3-10-18-27)30(28-19-11-4-12-20-28)24-22-26-15-7-2-8-16-26/h1-20H. The molecule has 0 nitrogen and oxygen atoms in total. The van der Waals surface area contributed by atoms with E-state index in [1.54, 1.807) is 0 Å². The van der Waals surface area contributed by atoms with E-state index in [4.69, 9.17) is 0 Å². The van der Waals surface area contributed by atoms with Gasteiger partial charge in [0.25, 0.3) is 0 Å². The van der Waals surface area contributed by atoms with Gasteiger partial charge in [0.05, 0.1) is 0 Å². The van der Waals surface area contributed by atoms with E-state index in [2.05, 4.69) is 47.9 Å². The van der Waals surface area contributed by atoms with Crippen LogP contribution in [0.1, 0.15) is 22.3 Å². The highest BCUT2D eigenvalue weighted by Gasteiger charge is 2.08. The van der Waals surface area contributed by atoms with Gasteiger partial charge in [0.15, 0.2) is 0 Å². The first-order valence-corrected chi connectivity index (χ1v) is 9.89. The van der Waals surface area contributed by atoms with Gasteiger partial charge in [-0.3, -0.25) is 0 Å². The molecule has 0 saturated carbocycles. The Balaban J connectivity index is 1.93. The van der Waals surface area contributed by atoms with Crippen LogP contribution in [0.5, 0.6) is 0 Å². The molecule has 0 aromatic heterocycles. The summed E-state index contributed by atoms with van der Waals surface area (Å²) >= 11 is 0. The van der Waals surface area contributed by atoms with E-state index in [9.17, 15) is 0 Å². The van der Waals surface area contributed by atoms with E-state index in [0.29, 0.717) is 0 Å². The van der Waals surface area contributed by atoms with Gasteiger partial charge < -0.3 is 0 Å². The molecule has 0 radical (unpaired) electrons. The van der Waals surface area contributed by atoms with Gasteiger partial charge in [-0.1, -0.05) is 121 Å². The molecule has 0 spiro atoms. The summed E-state index contributed by atoms with van der Waals surface area (Å²) in [5.41, 5.74) is 5.93. The SMILES string of the molecule is C(#Cc1ccccc1)C(=C(C#Cc1ccccc1)c1ccccc1)c1ccccc1. The van der Waals surface area contributed by atoms with Gasteiger partial charge in [0, 0.05) is 22.3 Å². The van der Waals surface area contributed by atoms with Crippen LogP contribution < -0.4 is 0 Å². The molecule has 30 heavy (non-hydrogen) atoms. The molecule has 4 aromatic carbocycles. The fourth-order valence-electron chi connectivity index (χ4n) is 3.08. The highest BCUT2D eigenvalue weighted by molar-refractivity contribution is 6.04. The Morgan fingerprint density at radius 3 is 1.00 bits per heavy atom. The van der Waals surface area contributed by atoms with Crippen LogP contribution in [-0.4, -0.2) is 0 Å². The first kappa shape index (κ1) is 19.1. The van der Waals surface area contributed by atoms with E-state index >= 15 is 0 Å². The van der Waals surface area contributed by atoms with Crippen LogP contribution in [-0.2, 0) is 0 Å². The predicted molar refractivity (Wildman–Crippen MR) is 126 cm³/mol. The van der Waals surface area contributed by atoms with Crippen molar-refractivity contribution < 1.29 is 0 Å². The number of allylic oxidation sites excluding steroid dienone is 2. The van der Waals surface area contributed by atoms with Gasteiger partial charge in [-0.25, -0.2) is 0 Å². The molecule has 0 fully saturated rings. The van der Waals surface area contributed by atoms with Crippen molar-refractivity contribution >= 4 is 11.1 Å². The molecule has 0 atom stereocenters. The quantitative estimate of drug-likeness (QED) is 0.268. The fraction of sp³-hybridized carbons (Fsp3) is 0. The molecular weight excluding hydrogens is 360 g/mol. The maximum Gasteiger partial charge on any atom is 0.0484 e. The van der Waals surface area contributed by atoms with Gasteiger partial charge in [-0.15, -0.1) is 0 Å². The summed E-state index contributed by atoms with van der Waals surface area (Å²) < 4.78 is 0. The minimum Gasteiger partial charge on any atom is -0.0622 e. The molecule has 0 heterocycles. The van der Waals surface area contributed by atoms with Crippen molar-refractivity contribution in [3.8, 4) is 23.7 Å². The lowest BCUT2D eigenvalue weighted by Gasteiger charge is -2.07. The molecule has 0 amide bonds. The number of benzene rings is 4. The minimum atomic E-state index is 0.925. The molecule has 140 valence electrons. The fourth-order valence-corrected chi connectivity index (χ4v) is 3.08. The highest BCUT2D eigenvalue weighted by atomic mass is 14.1. The number of rotatable bonds is 2. The van der Waals surface area contributed by atoms with Gasteiger partial charge in [0.2, 0.25) is 0 Å². The predicted octanol–water partition coefficient (Wildman–Crippen LogP) is 6.70. The summed E-state index contributed by atoms with van der Waals surface area (Å²) in [7, 11) is 0. The Hall–Kier alpha value is -4.26. The lowest BCUT2D eigenvalue weighted by Crippen LogP contribution is -1.90. The van der Waals surface area contributed by atoms with Gasteiger partial charge in [0.1, 0.15) is 0 Å². The Morgan fingerprint density at radius 2 is 0.667 bits per heavy atom. The van der Waals surface area contributed by atoms with Crippen LogP contribution in [0.3, 0.4) is 0 Å². The summed E-state index contributed by atoms with van der Waals surface area (Å²) in [5, 5.41) is 0. The van der Waals surface area contributed by atoms with E-state index in [1.165, 1.54) is 0 Å². The zero-order chi connectivity index (χ0) is 20.4. The molecule has 0 heteroatoms. The van der Waals surface area contributed by atoms with Crippen LogP contribution in [0.25, 0.3) is 11.1 Å². The third-order valence-electron chi connectivity index (χ3n) is 4.59. The van der Waals surface area contributed by atoms with Crippen molar-refractivity contribution in [2.24, 2.45) is 0 Å². The Bertz CT molecular complexity index is 1140. The van der Waals surface area contributed by atoms with Crippen LogP contribution >= 0.6 is 0 Å². The summed E-state index contributed by atoms with van der Waals surface area (Å²) in [6.07, 6.45) is 0. The molecule has 0 bridgehead atoms. The molecule has 4 rings (SSSR count). The molecule has 0 aliphatic heterocycles. The van der Waals surface area contributed by atoms with Crippen LogP contribution in [0.2, 0.25) is 0 Å². The molecule has 0 aliphatic carbocycles. The average Bonchev–Trinajstić information content (AvgIpc) is 2.83. The third-order valence-corrected chi connectivity index (χ3v) is 4.59. The normalized spacial score (nSPS) is 10.7. The summed E-state index contributed by atoms with van der Waals surface area (Å²) in [6, 6.07) is 40.6. The molecule has 0 N–H and O–H groups in total. The lowest BCUT2D eigenvalue weighted by molar-refractivity contribution is 1.60. The largest absolute Gasteiger partial charge is 0.0622 e. The van der Waals surface area contributed by atoms with Crippen molar-refractivity contribution in [3.05, 3.63) is 144 Å². The second-order valence-electron chi connectivity index (χ2n) is 6.71. The van der Waals surface area contributed by atoms with E-state index in [1.807, 2.05) is 97.1 Å². The number of hydrogen-bond acceptors (Lipinski definition) is 0. The Morgan fingerprint density at radius 1 is 0.367 bits per heavy atom. The third kappa shape index (κ3) is 4.96. The number of hydrogen-bond donors (Lipinski definition) is 0. The molecule has 0 unspecified atom stereocenters. The first-order chi connectivity index (χ1) is 14.9. The van der Waals surface area contributed by atoms with Gasteiger partial charge in [-0.2, -0.15) is 0 Å². The molecule has 0 saturated heterocycles. The second-order valence-corrected chi connectivity index (χ2v) is 6.71. The topological polar surface area (TPSA) is 0 Å². The van der Waals surface area contributed by atoms with E-state index in [-0.39, 0.29) is 0 Å².